The van der Waals surface area contributed by atoms with E-state index in [9.17, 15) is 0 Å². The first-order valence-electron chi connectivity index (χ1n) is 5.04. The standard InChI is InChI=1S/C12H17N/c1-3-12(2)9-13-11(12)10-7-5-4-6-8-10/h4-8,11,13H,3,9H2,1-2H3. The maximum absolute atomic E-state index is 3.50. The molecule has 2 rings (SSSR count). The molecule has 1 aromatic rings. The molecule has 13 heavy (non-hydrogen) atoms. The summed E-state index contributed by atoms with van der Waals surface area (Å²) < 4.78 is 0. The lowest BCUT2D eigenvalue weighted by Gasteiger charge is -2.48. The number of benzene rings is 1. The number of hydrogen-bond acceptors (Lipinski definition) is 1. The van der Waals surface area contributed by atoms with Crippen molar-refractivity contribution in [3.8, 4) is 0 Å². The van der Waals surface area contributed by atoms with Crippen molar-refractivity contribution in [2.45, 2.75) is 26.3 Å². The van der Waals surface area contributed by atoms with Gasteiger partial charge >= 0.3 is 0 Å². The van der Waals surface area contributed by atoms with E-state index in [-0.39, 0.29) is 0 Å². The van der Waals surface area contributed by atoms with E-state index < -0.39 is 0 Å². The quantitative estimate of drug-likeness (QED) is 0.728. The van der Waals surface area contributed by atoms with Crippen LogP contribution < -0.4 is 5.32 Å². The second-order valence-corrected chi connectivity index (χ2v) is 4.23. The number of nitrogens with one attached hydrogen (secondary N) is 1. The van der Waals surface area contributed by atoms with Crippen LogP contribution in [0.5, 0.6) is 0 Å². The van der Waals surface area contributed by atoms with Crippen LogP contribution in [-0.2, 0) is 0 Å². The first kappa shape index (κ1) is 8.76. The van der Waals surface area contributed by atoms with Crippen molar-refractivity contribution < 1.29 is 0 Å². The van der Waals surface area contributed by atoms with E-state index in [0.717, 1.165) is 6.54 Å². The third-order valence-electron chi connectivity index (χ3n) is 3.35. The van der Waals surface area contributed by atoms with Crippen molar-refractivity contribution in [1.29, 1.82) is 0 Å². The zero-order valence-electron chi connectivity index (χ0n) is 8.38. The molecule has 2 atom stereocenters. The van der Waals surface area contributed by atoms with E-state index in [1.165, 1.54) is 12.0 Å². The molecule has 1 heteroatoms. The van der Waals surface area contributed by atoms with Gasteiger partial charge in [0.1, 0.15) is 0 Å². The van der Waals surface area contributed by atoms with Crippen molar-refractivity contribution in [3.63, 3.8) is 0 Å². The highest BCUT2D eigenvalue weighted by atomic mass is 15.0. The van der Waals surface area contributed by atoms with Crippen LogP contribution in [0.15, 0.2) is 30.3 Å². The van der Waals surface area contributed by atoms with Gasteiger partial charge in [0.15, 0.2) is 0 Å². The fourth-order valence-corrected chi connectivity index (χ4v) is 2.05. The molecule has 1 aliphatic heterocycles. The predicted octanol–water partition coefficient (Wildman–Crippen LogP) is 2.75. The van der Waals surface area contributed by atoms with Crippen molar-refractivity contribution in [2.75, 3.05) is 6.54 Å². The summed E-state index contributed by atoms with van der Waals surface area (Å²) in [5, 5.41) is 3.50. The Bertz CT molecular complexity index is 276. The molecule has 0 spiro atoms. The molecule has 1 heterocycles. The van der Waals surface area contributed by atoms with Gasteiger partial charge in [-0.25, -0.2) is 0 Å². The van der Waals surface area contributed by atoms with Gasteiger partial charge < -0.3 is 5.32 Å². The molecule has 0 radical (unpaired) electrons. The Balaban J connectivity index is 2.20. The first-order chi connectivity index (χ1) is 6.26. The van der Waals surface area contributed by atoms with Crippen LogP contribution >= 0.6 is 0 Å². The monoisotopic (exact) mass is 175 g/mol. The lowest BCUT2D eigenvalue weighted by Crippen LogP contribution is -2.53. The molecule has 0 bridgehead atoms. The minimum absolute atomic E-state index is 0.474. The average molecular weight is 175 g/mol. The SMILES string of the molecule is CCC1(C)CNC1c1ccccc1. The van der Waals surface area contributed by atoms with Gasteiger partial charge in [0.25, 0.3) is 0 Å². The molecule has 0 saturated carbocycles. The van der Waals surface area contributed by atoms with E-state index in [1.807, 2.05) is 0 Å². The summed E-state index contributed by atoms with van der Waals surface area (Å²) in [6.45, 7) is 5.79. The highest BCUT2D eigenvalue weighted by Crippen LogP contribution is 2.42. The Morgan fingerprint density at radius 1 is 1.38 bits per heavy atom. The average Bonchev–Trinajstić information content (AvgIpc) is 2.17. The highest BCUT2D eigenvalue weighted by Gasteiger charge is 2.41. The van der Waals surface area contributed by atoms with Crippen LogP contribution in [0.1, 0.15) is 31.9 Å². The van der Waals surface area contributed by atoms with Crippen LogP contribution in [0.3, 0.4) is 0 Å². The third kappa shape index (κ3) is 1.37. The first-order valence-corrected chi connectivity index (χ1v) is 5.04. The van der Waals surface area contributed by atoms with Crippen LogP contribution in [0.25, 0.3) is 0 Å². The van der Waals surface area contributed by atoms with E-state index in [2.05, 4.69) is 49.5 Å². The molecule has 1 saturated heterocycles. The molecular weight excluding hydrogens is 158 g/mol. The van der Waals surface area contributed by atoms with E-state index in [0.29, 0.717) is 11.5 Å². The second-order valence-electron chi connectivity index (χ2n) is 4.23. The molecular formula is C12H17N. The fraction of sp³-hybridized carbons (Fsp3) is 0.500. The summed E-state index contributed by atoms with van der Waals surface area (Å²) in [5.74, 6) is 0. The smallest absolute Gasteiger partial charge is 0.0386 e. The largest absolute Gasteiger partial charge is 0.309 e. The Labute approximate surface area is 80.2 Å². The summed E-state index contributed by atoms with van der Waals surface area (Å²) in [7, 11) is 0. The van der Waals surface area contributed by atoms with Gasteiger partial charge in [-0.05, 0) is 17.4 Å². The van der Waals surface area contributed by atoms with Gasteiger partial charge in [0.05, 0.1) is 0 Å². The Morgan fingerprint density at radius 2 is 2.08 bits per heavy atom. The number of hydrogen-bond donors (Lipinski definition) is 1. The molecule has 1 N–H and O–H groups in total. The Hall–Kier alpha value is -0.820. The fourth-order valence-electron chi connectivity index (χ4n) is 2.05. The third-order valence-corrected chi connectivity index (χ3v) is 3.35. The van der Waals surface area contributed by atoms with Gasteiger partial charge in [-0.1, -0.05) is 44.2 Å². The zero-order chi connectivity index (χ0) is 9.31. The lowest BCUT2D eigenvalue weighted by molar-refractivity contribution is 0.0989. The Morgan fingerprint density at radius 3 is 2.54 bits per heavy atom. The number of rotatable bonds is 2. The summed E-state index contributed by atoms with van der Waals surface area (Å²) in [6, 6.07) is 11.3. The van der Waals surface area contributed by atoms with Crippen LogP contribution in [0.4, 0.5) is 0 Å². The van der Waals surface area contributed by atoms with Gasteiger partial charge in [-0.2, -0.15) is 0 Å². The minimum atomic E-state index is 0.474. The maximum atomic E-state index is 3.50. The minimum Gasteiger partial charge on any atom is -0.309 e. The van der Waals surface area contributed by atoms with Gasteiger partial charge in [-0.3, -0.25) is 0 Å². The Kier molecular flexibility index (Phi) is 2.12. The van der Waals surface area contributed by atoms with Crippen LogP contribution in [0.2, 0.25) is 0 Å². The summed E-state index contributed by atoms with van der Waals surface area (Å²) in [4.78, 5) is 0. The summed E-state index contributed by atoms with van der Waals surface area (Å²) >= 11 is 0. The van der Waals surface area contributed by atoms with E-state index in [1.54, 1.807) is 0 Å². The highest BCUT2D eigenvalue weighted by molar-refractivity contribution is 5.24. The van der Waals surface area contributed by atoms with Crippen LogP contribution in [0, 0.1) is 5.41 Å². The predicted molar refractivity (Wildman–Crippen MR) is 55.6 cm³/mol. The lowest BCUT2D eigenvalue weighted by atomic mass is 9.70. The van der Waals surface area contributed by atoms with Crippen LogP contribution in [-0.4, -0.2) is 6.54 Å². The second kappa shape index (κ2) is 3.15. The van der Waals surface area contributed by atoms with Gasteiger partial charge in [0, 0.05) is 12.6 Å². The molecule has 0 aliphatic carbocycles. The molecule has 1 aliphatic rings. The normalized spacial score (nSPS) is 32.6. The van der Waals surface area contributed by atoms with Gasteiger partial charge in [-0.15, -0.1) is 0 Å². The summed E-state index contributed by atoms with van der Waals surface area (Å²) in [5.41, 5.74) is 1.90. The molecule has 0 aromatic heterocycles. The molecule has 1 fully saturated rings. The molecule has 1 aromatic carbocycles. The van der Waals surface area contributed by atoms with Gasteiger partial charge in [0.2, 0.25) is 0 Å². The summed E-state index contributed by atoms with van der Waals surface area (Å²) in [6.07, 6.45) is 1.25. The van der Waals surface area contributed by atoms with Crippen molar-refractivity contribution in [1.82, 2.24) is 5.32 Å². The topological polar surface area (TPSA) is 12.0 Å². The molecule has 0 amide bonds. The molecule has 2 unspecified atom stereocenters. The van der Waals surface area contributed by atoms with E-state index >= 15 is 0 Å². The van der Waals surface area contributed by atoms with Crippen molar-refractivity contribution >= 4 is 0 Å². The molecule has 1 nitrogen and oxygen atoms in total. The van der Waals surface area contributed by atoms with E-state index in [4.69, 9.17) is 0 Å². The van der Waals surface area contributed by atoms with Crippen molar-refractivity contribution in [2.24, 2.45) is 5.41 Å². The van der Waals surface area contributed by atoms with Crippen molar-refractivity contribution in [3.05, 3.63) is 35.9 Å². The molecule has 70 valence electrons. The maximum Gasteiger partial charge on any atom is 0.0386 e. The zero-order valence-corrected chi connectivity index (χ0v) is 8.38.